The van der Waals surface area contributed by atoms with Crippen molar-refractivity contribution in [1.82, 2.24) is 16.0 Å². The van der Waals surface area contributed by atoms with Crippen LogP contribution in [-0.2, 0) is 19.2 Å². The standard InChI is InChI=1S/C23H45N5O5S/c1-6-15(4)19(23(32)33)28-22(31)18(10-12-34-5)27-21(30)17(9-7-8-11-24)26-20(29)16(25)13-14(2)3/h14-19H,6-13,24-25H2,1-5H3,(H,26,29)(H,27,30)(H,28,31)(H,32,33). The molecule has 0 saturated heterocycles. The molecule has 0 aliphatic rings. The molecule has 5 unspecified atom stereocenters. The van der Waals surface area contributed by atoms with Crippen molar-refractivity contribution in [3.63, 3.8) is 0 Å². The number of hydrogen-bond acceptors (Lipinski definition) is 7. The summed E-state index contributed by atoms with van der Waals surface area (Å²) in [4.78, 5) is 50.2. The molecule has 0 fully saturated rings. The number of thioether (sulfide) groups is 1. The van der Waals surface area contributed by atoms with Crippen LogP contribution in [0.4, 0.5) is 0 Å². The van der Waals surface area contributed by atoms with E-state index in [0.29, 0.717) is 50.8 Å². The van der Waals surface area contributed by atoms with Gasteiger partial charge in [-0.3, -0.25) is 14.4 Å². The van der Waals surface area contributed by atoms with E-state index in [0.717, 1.165) is 0 Å². The number of carbonyl (C=O) groups excluding carboxylic acids is 3. The molecule has 0 radical (unpaired) electrons. The number of aliphatic carboxylic acids is 1. The maximum absolute atomic E-state index is 13.1. The first-order chi connectivity index (χ1) is 16.0. The molecule has 10 nitrogen and oxygen atoms in total. The summed E-state index contributed by atoms with van der Waals surface area (Å²) in [5.74, 6) is -2.07. The number of carboxylic acid groups (broad SMARTS) is 1. The van der Waals surface area contributed by atoms with Crippen LogP contribution in [0.2, 0.25) is 0 Å². The van der Waals surface area contributed by atoms with E-state index in [-0.39, 0.29) is 11.8 Å². The predicted molar refractivity (Wildman–Crippen MR) is 136 cm³/mol. The van der Waals surface area contributed by atoms with Gasteiger partial charge in [0.25, 0.3) is 0 Å². The zero-order chi connectivity index (χ0) is 26.3. The zero-order valence-corrected chi connectivity index (χ0v) is 22.1. The zero-order valence-electron chi connectivity index (χ0n) is 21.3. The average Bonchev–Trinajstić information content (AvgIpc) is 2.77. The lowest BCUT2D eigenvalue weighted by molar-refractivity contribution is -0.143. The van der Waals surface area contributed by atoms with Gasteiger partial charge < -0.3 is 32.5 Å². The van der Waals surface area contributed by atoms with E-state index in [9.17, 15) is 24.3 Å². The van der Waals surface area contributed by atoms with Gasteiger partial charge in [-0.2, -0.15) is 11.8 Å². The molecule has 11 heteroatoms. The lowest BCUT2D eigenvalue weighted by Gasteiger charge is -2.26. The van der Waals surface area contributed by atoms with Crippen LogP contribution in [0, 0.1) is 11.8 Å². The van der Waals surface area contributed by atoms with E-state index in [1.807, 2.05) is 27.0 Å². The minimum Gasteiger partial charge on any atom is -0.480 e. The van der Waals surface area contributed by atoms with Crippen LogP contribution >= 0.6 is 11.8 Å². The molecule has 0 rings (SSSR count). The van der Waals surface area contributed by atoms with Crippen LogP contribution in [-0.4, -0.2) is 71.5 Å². The van der Waals surface area contributed by atoms with Gasteiger partial charge >= 0.3 is 5.97 Å². The third kappa shape index (κ3) is 12.6. The molecule has 0 aromatic rings. The lowest BCUT2D eigenvalue weighted by atomic mass is 9.98. The number of amides is 3. The Balaban J connectivity index is 5.50. The largest absolute Gasteiger partial charge is 0.480 e. The summed E-state index contributed by atoms with van der Waals surface area (Å²) < 4.78 is 0. The Morgan fingerprint density at radius 1 is 0.912 bits per heavy atom. The fraction of sp³-hybridized carbons (Fsp3) is 0.826. The van der Waals surface area contributed by atoms with E-state index >= 15 is 0 Å². The van der Waals surface area contributed by atoms with Crippen molar-refractivity contribution >= 4 is 35.5 Å². The smallest absolute Gasteiger partial charge is 0.326 e. The predicted octanol–water partition coefficient (Wildman–Crippen LogP) is 0.827. The quantitative estimate of drug-likeness (QED) is 0.149. The van der Waals surface area contributed by atoms with Crippen molar-refractivity contribution in [2.24, 2.45) is 23.3 Å². The number of carboxylic acids is 1. The van der Waals surface area contributed by atoms with Crippen molar-refractivity contribution in [3.8, 4) is 0 Å². The van der Waals surface area contributed by atoms with E-state index in [1.54, 1.807) is 6.92 Å². The maximum Gasteiger partial charge on any atom is 0.326 e. The van der Waals surface area contributed by atoms with Gasteiger partial charge in [-0.05, 0) is 62.5 Å². The molecule has 0 bridgehead atoms. The molecule has 34 heavy (non-hydrogen) atoms. The van der Waals surface area contributed by atoms with E-state index < -0.39 is 47.9 Å². The highest BCUT2D eigenvalue weighted by Gasteiger charge is 2.31. The molecule has 0 aliphatic heterocycles. The molecule has 0 aromatic heterocycles. The minimum atomic E-state index is -1.12. The van der Waals surface area contributed by atoms with Crippen LogP contribution in [0.25, 0.3) is 0 Å². The second-order valence-corrected chi connectivity index (χ2v) is 10.1. The Morgan fingerprint density at radius 2 is 1.47 bits per heavy atom. The minimum absolute atomic E-state index is 0.220. The third-order valence-electron chi connectivity index (χ3n) is 5.66. The van der Waals surface area contributed by atoms with Crippen LogP contribution in [0.1, 0.15) is 66.2 Å². The van der Waals surface area contributed by atoms with Crippen molar-refractivity contribution < 1.29 is 24.3 Å². The molecular weight excluding hydrogens is 458 g/mol. The van der Waals surface area contributed by atoms with Gasteiger partial charge in [0, 0.05) is 0 Å². The Bertz CT molecular complexity index is 649. The molecule has 0 aliphatic carbocycles. The van der Waals surface area contributed by atoms with Crippen molar-refractivity contribution in [2.45, 2.75) is 90.4 Å². The van der Waals surface area contributed by atoms with Gasteiger partial charge in [0.2, 0.25) is 17.7 Å². The SMILES string of the molecule is CCC(C)C(NC(=O)C(CCSC)NC(=O)C(CCCCN)NC(=O)C(N)CC(C)C)C(=O)O. The molecule has 5 atom stereocenters. The second-order valence-electron chi connectivity index (χ2n) is 9.13. The molecule has 3 amide bonds. The Hall–Kier alpha value is -1.85. The molecule has 0 saturated carbocycles. The maximum atomic E-state index is 13.1. The molecule has 0 spiro atoms. The summed E-state index contributed by atoms with van der Waals surface area (Å²) >= 11 is 1.51. The number of nitrogens with one attached hydrogen (secondary N) is 3. The molecule has 8 N–H and O–H groups in total. The Morgan fingerprint density at radius 3 is 1.97 bits per heavy atom. The lowest BCUT2D eigenvalue weighted by Crippen LogP contribution is -2.57. The number of unbranched alkanes of at least 4 members (excludes halogenated alkanes) is 1. The van der Waals surface area contributed by atoms with Crippen molar-refractivity contribution in [1.29, 1.82) is 0 Å². The summed E-state index contributed by atoms with van der Waals surface area (Å²) in [5.41, 5.74) is 11.5. The highest BCUT2D eigenvalue weighted by molar-refractivity contribution is 7.98. The van der Waals surface area contributed by atoms with Crippen molar-refractivity contribution in [2.75, 3.05) is 18.6 Å². The van der Waals surface area contributed by atoms with Gasteiger partial charge in [-0.1, -0.05) is 34.1 Å². The van der Waals surface area contributed by atoms with Gasteiger partial charge in [0.1, 0.15) is 18.1 Å². The van der Waals surface area contributed by atoms with E-state index in [1.165, 1.54) is 11.8 Å². The molecule has 0 heterocycles. The number of rotatable bonds is 18. The highest BCUT2D eigenvalue weighted by atomic mass is 32.2. The summed E-state index contributed by atoms with van der Waals surface area (Å²) in [6.45, 7) is 7.96. The third-order valence-corrected chi connectivity index (χ3v) is 6.31. The topological polar surface area (TPSA) is 177 Å². The summed E-state index contributed by atoms with van der Waals surface area (Å²) in [5, 5.41) is 17.5. The summed E-state index contributed by atoms with van der Waals surface area (Å²) in [6.07, 6.45) is 4.90. The Labute approximate surface area is 208 Å². The average molecular weight is 504 g/mol. The van der Waals surface area contributed by atoms with Crippen LogP contribution in [0.15, 0.2) is 0 Å². The van der Waals surface area contributed by atoms with Gasteiger partial charge in [0.05, 0.1) is 6.04 Å². The van der Waals surface area contributed by atoms with Crippen molar-refractivity contribution in [3.05, 3.63) is 0 Å². The number of hydrogen-bond donors (Lipinski definition) is 6. The first kappa shape index (κ1) is 32.1. The highest BCUT2D eigenvalue weighted by Crippen LogP contribution is 2.11. The second kappa shape index (κ2) is 17.6. The van der Waals surface area contributed by atoms with Crippen LogP contribution in [0.5, 0.6) is 0 Å². The van der Waals surface area contributed by atoms with Gasteiger partial charge in [-0.15, -0.1) is 0 Å². The fourth-order valence-corrected chi connectivity index (χ4v) is 3.84. The first-order valence-electron chi connectivity index (χ1n) is 12.1. The normalized spacial score (nSPS) is 15.6. The van der Waals surface area contributed by atoms with Gasteiger partial charge in [0.15, 0.2) is 0 Å². The molecule has 0 aromatic carbocycles. The first-order valence-corrected chi connectivity index (χ1v) is 13.5. The fourth-order valence-electron chi connectivity index (χ4n) is 3.37. The van der Waals surface area contributed by atoms with E-state index in [2.05, 4.69) is 16.0 Å². The molecular formula is C23H45N5O5S. The summed E-state index contributed by atoms with van der Waals surface area (Å²) in [6, 6.07) is -3.59. The Kier molecular flexibility index (Phi) is 16.6. The van der Waals surface area contributed by atoms with Gasteiger partial charge in [-0.25, -0.2) is 4.79 Å². The van der Waals surface area contributed by atoms with Crippen LogP contribution in [0.3, 0.4) is 0 Å². The summed E-state index contributed by atoms with van der Waals surface area (Å²) in [7, 11) is 0. The number of nitrogens with two attached hydrogens (primary N) is 2. The monoisotopic (exact) mass is 503 g/mol. The van der Waals surface area contributed by atoms with E-state index in [4.69, 9.17) is 11.5 Å². The molecule has 198 valence electrons. The number of carbonyl (C=O) groups is 4. The van der Waals surface area contributed by atoms with Crippen LogP contribution < -0.4 is 27.4 Å².